The number of fused-ring (bicyclic) bond motifs is 6. The van der Waals surface area contributed by atoms with Crippen molar-refractivity contribution < 1.29 is 4.42 Å². The molecule has 3 aromatic heterocycles. The molecule has 5 heteroatoms. The quantitative estimate of drug-likeness (QED) is 0.172. The zero-order valence-corrected chi connectivity index (χ0v) is 30.4. The van der Waals surface area contributed by atoms with Gasteiger partial charge in [-0.05, 0) is 71.5 Å². The summed E-state index contributed by atoms with van der Waals surface area (Å²) >= 11 is 0. The topological polar surface area (TPSA) is 56.7 Å². The highest BCUT2D eigenvalue weighted by Gasteiger charge is 2.22. The third-order valence-electron chi connectivity index (χ3n) is 10.9. The van der Waals surface area contributed by atoms with Crippen LogP contribution < -0.4 is 0 Å². The van der Waals surface area contributed by atoms with E-state index in [4.69, 9.17) is 19.4 Å². The molecule has 10 aromatic rings. The third kappa shape index (κ3) is 5.36. The predicted octanol–water partition coefficient (Wildman–Crippen LogP) is 13.3. The first-order valence-corrected chi connectivity index (χ1v) is 19.1. The molecule has 7 aromatic carbocycles. The fourth-order valence-corrected chi connectivity index (χ4v) is 8.28. The van der Waals surface area contributed by atoms with E-state index in [-0.39, 0.29) is 0 Å². The van der Waals surface area contributed by atoms with Crippen molar-refractivity contribution in [2.24, 2.45) is 0 Å². The normalized spacial score (nSPS) is 12.9. The molecule has 3 heterocycles. The summed E-state index contributed by atoms with van der Waals surface area (Å²) in [4.78, 5) is 15.4. The summed E-state index contributed by atoms with van der Waals surface area (Å²) in [5, 5.41) is 4.42. The van der Waals surface area contributed by atoms with Crippen LogP contribution in [0.4, 0.5) is 0 Å². The average Bonchev–Trinajstić information content (AvgIpc) is 3.83. The Hall–Kier alpha value is -7.37. The molecular formula is C51H34N4O. The van der Waals surface area contributed by atoms with E-state index in [1.54, 1.807) is 0 Å². The van der Waals surface area contributed by atoms with Gasteiger partial charge in [0, 0.05) is 38.2 Å². The second kappa shape index (κ2) is 13.2. The molecule has 0 saturated carbocycles. The number of hydrogen-bond acceptors (Lipinski definition) is 4. The van der Waals surface area contributed by atoms with E-state index in [1.165, 1.54) is 21.9 Å². The summed E-state index contributed by atoms with van der Waals surface area (Å²) < 4.78 is 9.22. The monoisotopic (exact) mass is 718 g/mol. The standard InChI is InChI=1S/C51H34N4O/c1-4-15-33(16-5-1)36-21-12-22-38(31-36)50-52-49(35-19-8-3-9-20-35)53-51(54-50)41-25-14-28-46-47(41)40-24-13-27-45(48(40)56-46)55-43-26-11-10-23-39(43)42-32-37(29-30-44(42)55)34-17-6-2-7-18-34/h1-6,8-17,19-32H,7,18H2. The first-order chi connectivity index (χ1) is 27.8. The number of allylic oxidation sites excluding steroid dienone is 4. The Kier molecular flexibility index (Phi) is 7.56. The fraction of sp³-hybridized carbons (Fsp3) is 0.0392. The fourth-order valence-electron chi connectivity index (χ4n) is 8.28. The Morgan fingerprint density at radius 2 is 1.16 bits per heavy atom. The number of hydrogen-bond donors (Lipinski definition) is 0. The number of benzene rings is 7. The lowest BCUT2D eigenvalue weighted by Crippen LogP contribution is -2.00. The van der Waals surface area contributed by atoms with Gasteiger partial charge in [0.1, 0.15) is 5.58 Å². The van der Waals surface area contributed by atoms with Crippen LogP contribution in [0, 0.1) is 0 Å². The van der Waals surface area contributed by atoms with Crippen molar-refractivity contribution in [3.05, 3.63) is 188 Å². The van der Waals surface area contributed by atoms with E-state index in [9.17, 15) is 0 Å². The molecule has 0 aliphatic heterocycles. The highest BCUT2D eigenvalue weighted by molar-refractivity contribution is 6.16. The molecule has 0 unspecified atom stereocenters. The molecule has 0 fully saturated rings. The predicted molar refractivity (Wildman–Crippen MR) is 230 cm³/mol. The highest BCUT2D eigenvalue weighted by Crippen LogP contribution is 2.42. The number of nitrogens with zero attached hydrogens (tertiary/aromatic N) is 4. The van der Waals surface area contributed by atoms with Gasteiger partial charge in [0.2, 0.25) is 0 Å². The summed E-state index contributed by atoms with van der Waals surface area (Å²) in [6.07, 6.45) is 8.78. The zero-order valence-electron chi connectivity index (χ0n) is 30.4. The first kappa shape index (κ1) is 32.1. The van der Waals surface area contributed by atoms with Crippen molar-refractivity contribution >= 4 is 49.3 Å². The summed E-state index contributed by atoms with van der Waals surface area (Å²) in [6, 6.07) is 57.1. The van der Waals surface area contributed by atoms with Crippen LogP contribution in [0.25, 0.3) is 100 Å². The lowest BCUT2D eigenvalue weighted by molar-refractivity contribution is 0.666. The molecule has 0 bridgehead atoms. The van der Waals surface area contributed by atoms with Crippen molar-refractivity contribution in [1.82, 2.24) is 19.5 Å². The van der Waals surface area contributed by atoms with E-state index < -0.39 is 0 Å². The van der Waals surface area contributed by atoms with Gasteiger partial charge in [0.15, 0.2) is 23.1 Å². The van der Waals surface area contributed by atoms with Crippen LogP contribution in [-0.4, -0.2) is 19.5 Å². The minimum Gasteiger partial charge on any atom is -0.454 e. The van der Waals surface area contributed by atoms with E-state index in [2.05, 4.69) is 138 Å². The lowest BCUT2D eigenvalue weighted by atomic mass is 9.96. The molecule has 0 radical (unpaired) electrons. The van der Waals surface area contributed by atoms with Gasteiger partial charge >= 0.3 is 0 Å². The Morgan fingerprint density at radius 1 is 0.482 bits per heavy atom. The number of para-hydroxylation sites is 2. The summed E-state index contributed by atoms with van der Waals surface area (Å²) in [5.41, 5.74) is 12.5. The Morgan fingerprint density at radius 3 is 2.00 bits per heavy atom. The summed E-state index contributed by atoms with van der Waals surface area (Å²) in [5.74, 6) is 1.82. The largest absolute Gasteiger partial charge is 0.454 e. The maximum absolute atomic E-state index is 6.87. The van der Waals surface area contributed by atoms with Crippen LogP contribution in [0.3, 0.4) is 0 Å². The van der Waals surface area contributed by atoms with Crippen LogP contribution in [0.2, 0.25) is 0 Å². The molecule has 0 saturated heterocycles. The molecule has 5 nitrogen and oxygen atoms in total. The Bertz CT molecular complexity index is 3190. The van der Waals surface area contributed by atoms with E-state index in [0.717, 1.165) is 79.3 Å². The SMILES string of the molecule is C1=CCCC(c2ccc3c(c2)c2ccccc2n3-c2cccc3c2oc2cccc(-c4nc(-c5ccccc5)nc(-c5cccc(-c6ccccc6)c5)n4)c23)=C1. The molecular weight excluding hydrogens is 685 g/mol. The maximum atomic E-state index is 6.87. The van der Waals surface area contributed by atoms with Crippen LogP contribution in [0.1, 0.15) is 18.4 Å². The van der Waals surface area contributed by atoms with Gasteiger partial charge in [-0.3, -0.25) is 0 Å². The van der Waals surface area contributed by atoms with Crippen LogP contribution in [0.15, 0.2) is 186 Å². The molecule has 56 heavy (non-hydrogen) atoms. The average molecular weight is 719 g/mol. The minimum atomic E-state index is 0.592. The smallest absolute Gasteiger partial charge is 0.164 e. The second-order valence-electron chi connectivity index (χ2n) is 14.3. The number of rotatable bonds is 6. The van der Waals surface area contributed by atoms with Crippen LogP contribution in [0.5, 0.6) is 0 Å². The molecule has 1 aliphatic rings. The van der Waals surface area contributed by atoms with E-state index >= 15 is 0 Å². The molecule has 1 aliphatic carbocycles. The van der Waals surface area contributed by atoms with Gasteiger partial charge in [0.05, 0.1) is 16.7 Å². The summed E-state index contributed by atoms with van der Waals surface area (Å²) in [6.45, 7) is 0. The minimum absolute atomic E-state index is 0.592. The second-order valence-corrected chi connectivity index (χ2v) is 14.3. The molecule has 0 amide bonds. The first-order valence-electron chi connectivity index (χ1n) is 19.1. The summed E-state index contributed by atoms with van der Waals surface area (Å²) in [7, 11) is 0. The van der Waals surface area contributed by atoms with Gasteiger partial charge in [-0.15, -0.1) is 0 Å². The van der Waals surface area contributed by atoms with Crippen molar-refractivity contribution in [2.45, 2.75) is 12.8 Å². The molecule has 0 spiro atoms. The van der Waals surface area contributed by atoms with Crippen molar-refractivity contribution in [1.29, 1.82) is 0 Å². The van der Waals surface area contributed by atoms with E-state index in [0.29, 0.717) is 17.5 Å². The lowest BCUT2D eigenvalue weighted by Gasteiger charge is -2.11. The molecule has 264 valence electrons. The molecule has 0 N–H and O–H groups in total. The van der Waals surface area contributed by atoms with Crippen molar-refractivity contribution in [3.63, 3.8) is 0 Å². The zero-order chi connectivity index (χ0) is 37.0. The third-order valence-corrected chi connectivity index (χ3v) is 10.9. The van der Waals surface area contributed by atoms with Gasteiger partial charge in [-0.2, -0.15) is 0 Å². The van der Waals surface area contributed by atoms with Gasteiger partial charge in [-0.25, -0.2) is 15.0 Å². The number of furan rings is 1. The molecule has 0 atom stereocenters. The van der Waals surface area contributed by atoms with Crippen LogP contribution >= 0.6 is 0 Å². The Labute approximate surface area is 323 Å². The highest BCUT2D eigenvalue weighted by atomic mass is 16.3. The van der Waals surface area contributed by atoms with Crippen LogP contribution in [-0.2, 0) is 0 Å². The van der Waals surface area contributed by atoms with Gasteiger partial charge < -0.3 is 8.98 Å². The van der Waals surface area contributed by atoms with Gasteiger partial charge in [0.25, 0.3) is 0 Å². The van der Waals surface area contributed by atoms with Gasteiger partial charge in [-0.1, -0.05) is 146 Å². The van der Waals surface area contributed by atoms with Crippen molar-refractivity contribution in [3.8, 4) is 51.0 Å². The number of aromatic nitrogens is 4. The molecule has 11 rings (SSSR count). The Balaban J connectivity index is 1.11. The maximum Gasteiger partial charge on any atom is 0.164 e. The van der Waals surface area contributed by atoms with E-state index in [1.807, 2.05) is 48.5 Å². The van der Waals surface area contributed by atoms with Crippen molar-refractivity contribution in [2.75, 3.05) is 0 Å².